The van der Waals surface area contributed by atoms with Gasteiger partial charge in [0.15, 0.2) is 11.5 Å². The van der Waals surface area contributed by atoms with Crippen molar-refractivity contribution in [2.75, 3.05) is 54.6 Å². The molecule has 0 bridgehead atoms. The van der Waals surface area contributed by atoms with E-state index in [9.17, 15) is 0 Å². The molecule has 1 aromatic heterocycles. The lowest BCUT2D eigenvalue weighted by Gasteiger charge is -2.22. The lowest BCUT2D eigenvalue weighted by Crippen LogP contribution is -2.30. The van der Waals surface area contributed by atoms with Gasteiger partial charge < -0.3 is 18.9 Å². The quantitative estimate of drug-likeness (QED) is 0.166. The molecule has 0 aliphatic carbocycles. The number of benzene rings is 3. The summed E-state index contributed by atoms with van der Waals surface area (Å²) in [7, 11) is 6.68. The fraction of sp³-hybridized carbons (Fsp3) is 0.395. The molecule has 0 amide bonds. The maximum Gasteiger partial charge on any atom is 0.203 e. The summed E-state index contributed by atoms with van der Waals surface area (Å²) in [5.41, 5.74) is 9.44. The van der Waals surface area contributed by atoms with Gasteiger partial charge in [0.2, 0.25) is 5.75 Å². The molecular weight excluding hydrogens is 562 g/mol. The van der Waals surface area contributed by atoms with Gasteiger partial charge in [0.25, 0.3) is 0 Å². The lowest BCUT2D eigenvalue weighted by molar-refractivity contribution is 0.247. The molecule has 1 aliphatic rings. The molecule has 1 aliphatic heterocycles. The van der Waals surface area contributed by atoms with Gasteiger partial charge in [-0.15, -0.1) is 0 Å². The molecule has 2 heterocycles. The molecule has 7 nitrogen and oxygen atoms in total. The van der Waals surface area contributed by atoms with E-state index in [2.05, 4.69) is 72.2 Å². The zero-order valence-corrected chi connectivity index (χ0v) is 27.7. The van der Waals surface area contributed by atoms with Crippen molar-refractivity contribution in [2.45, 2.75) is 46.2 Å². The first-order valence-corrected chi connectivity index (χ1v) is 15.9. The number of pyridine rings is 1. The largest absolute Gasteiger partial charge is 0.496 e. The van der Waals surface area contributed by atoms with E-state index >= 15 is 0 Å². The molecule has 0 N–H and O–H groups in total. The topological polar surface area (TPSA) is 56.3 Å². The maximum absolute atomic E-state index is 5.71. The zero-order valence-electron chi connectivity index (χ0n) is 27.7. The van der Waals surface area contributed by atoms with Gasteiger partial charge in [-0.3, -0.25) is 14.8 Å². The van der Waals surface area contributed by atoms with E-state index in [1.54, 1.807) is 28.4 Å². The van der Waals surface area contributed by atoms with Crippen LogP contribution in [-0.4, -0.2) is 69.4 Å². The second kappa shape index (κ2) is 15.3. The predicted molar refractivity (Wildman–Crippen MR) is 182 cm³/mol. The Morgan fingerprint density at radius 3 is 1.93 bits per heavy atom. The minimum atomic E-state index is 0.605. The molecule has 0 unspecified atom stereocenters. The fourth-order valence-corrected chi connectivity index (χ4v) is 6.32. The third-order valence-electron chi connectivity index (χ3n) is 8.75. The van der Waals surface area contributed by atoms with Crippen LogP contribution in [-0.2, 0) is 19.5 Å². The molecule has 238 valence electrons. The molecule has 7 heteroatoms. The van der Waals surface area contributed by atoms with Crippen molar-refractivity contribution in [3.05, 3.63) is 89.1 Å². The first kappa shape index (κ1) is 32.3. The van der Waals surface area contributed by atoms with Crippen LogP contribution in [0.5, 0.6) is 23.0 Å². The molecule has 4 aromatic rings. The maximum atomic E-state index is 5.71. The van der Waals surface area contributed by atoms with Crippen LogP contribution in [0.3, 0.4) is 0 Å². The molecule has 1 saturated heterocycles. The molecule has 0 atom stereocenters. The van der Waals surface area contributed by atoms with E-state index in [-0.39, 0.29) is 0 Å². The Morgan fingerprint density at radius 1 is 0.667 bits per heavy atom. The molecule has 0 spiro atoms. The standard InChI is InChI=1S/C38H47N3O4/c1-7-10-30-21-33(24-35(42-3)27(30)2)34-20-29(13-14-39-34)26-41-16-9-15-40(17-18-41)25-28-11-8-12-31(19-28)32-22-36(43-4)38(45-6)37(23-32)44-5/h8,11-14,19-24H,7,9-10,15-18,25-26H2,1-6H3. The second-order valence-corrected chi connectivity index (χ2v) is 11.8. The van der Waals surface area contributed by atoms with Gasteiger partial charge in [-0.25, -0.2) is 0 Å². The van der Waals surface area contributed by atoms with Crippen molar-refractivity contribution in [1.29, 1.82) is 0 Å². The third-order valence-corrected chi connectivity index (χ3v) is 8.75. The van der Waals surface area contributed by atoms with Gasteiger partial charge in [-0.05, 0) is 109 Å². The van der Waals surface area contributed by atoms with Gasteiger partial charge in [0.05, 0.1) is 34.1 Å². The van der Waals surface area contributed by atoms with E-state index in [0.717, 1.165) is 86.7 Å². The summed E-state index contributed by atoms with van der Waals surface area (Å²) in [6.07, 6.45) is 5.22. The number of aromatic nitrogens is 1. The lowest BCUT2D eigenvalue weighted by atomic mass is 9.98. The van der Waals surface area contributed by atoms with Crippen molar-refractivity contribution < 1.29 is 18.9 Å². The summed E-state index contributed by atoms with van der Waals surface area (Å²) >= 11 is 0. The van der Waals surface area contributed by atoms with E-state index in [0.29, 0.717) is 17.2 Å². The number of hydrogen-bond acceptors (Lipinski definition) is 7. The SMILES string of the molecule is CCCc1cc(-c2cc(CN3CCCN(Cc4cccc(-c5cc(OC)c(OC)c(OC)c5)c4)CC3)ccn2)cc(OC)c1C. The van der Waals surface area contributed by atoms with Crippen molar-refractivity contribution in [3.8, 4) is 45.4 Å². The Hall–Kier alpha value is -4.07. The van der Waals surface area contributed by atoms with Gasteiger partial charge >= 0.3 is 0 Å². The Labute approximate surface area is 268 Å². The predicted octanol–water partition coefficient (Wildman–Crippen LogP) is 7.42. The number of aryl methyl sites for hydroxylation is 1. The minimum absolute atomic E-state index is 0.605. The summed E-state index contributed by atoms with van der Waals surface area (Å²) in [5.74, 6) is 2.86. The summed E-state index contributed by atoms with van der Waals surface area (Å²) in [6.45, 7) is 10.4. The summed E-state index contributed by atoms with van der Waals surface area (Å²) < 4.78 is 22.4. The number of nitrogens with zero attached hydrogens (tertiary/aromatic N) is 3. The second-order valence-electron chi connectivity index (χ2n) is 11.8. The van der Waals surface area contributed by atoms with Crippen LogP contribution in [0.1, 0.15) is 42.0 Å². The van der Waals surface area contributed by atoms with E-state index in [1.165, 1.54) is 22.3 Å². The van der Waals surface area contributed by atoms with Crippen LogP contribution in [0, 0.1) is 6.92 Å². The van der Waals surface area contributed by atoms with Crippen molar-refractivity contribution in [2.24, 2.45) is 0 Å². The molecule has 3 aromatic carbocycles. The summed E-state index contributed by atoms with van der Waals surface area (Å²) in [5, 5.41) is 0. The van der Waals surface area contributed by atoms with Gasteiger partial charge in [0, 0.05) is 37.9 Å². The highest BCUT2D eigenvalue weighted by atomic mass is 16.5. The Morgan fingerprint density at radius 2 is 1.31 bits per heavy atom. The normalized spacial score (nSPS) is 14.2. The van der Waals surface area contributed by atoms with Crippen LogP contribution in [0.25, 0.3) is 22.4 Å². The van der Waals surface area contributed by atoms with E-state index < -0.39 is 0 Å². The fourth-order valence-electron chi connectivity index (χ4n) is 6.32. The van der Waals surface area contributed by atoms with E-state index in [1.807, 2.05) is 18.3 Å². The van der Waals surface area contributed by atoms with Crippen LogP contribution < -0.4 is 18.9 Å². The monoisotopic (exact) mass is 609 g/mol. The number of methoxy groups -OCH3 is 4. The van der Waals surface area contributed by atoms with Crippen LogP contribution in [0.15, 0.2) is 66.9 Å². The van der Waals surface area contributed by atoms with Crippen molar-refractivity contribution >= 4 is 0 Å². The minimum Gasteiger partial charge on any atom is -0.496 e. The summed E-state index contributed by atoms with van der Waals surface area (Å²) in [6, 6.07) is 21.6. The molecular formula is C38H47N3O4. The summed E-state index contributed by atoms with van der Waals surface area (Å²) in [4.78, 5) is 9.88. The highest BCUT2D eigenvalue weighted by Crippen LogP contribution is 2.41. The number of rotatable bonds is 12. The van der Waals surface area contributed by atoms with Gasteiger partial charge in [-0.2, -0.15) is 0 Å². The third kappa shape index (κ3) is 7.78. The average molecular weight is 610 g/mol. The number of hydrogen-bond donors (Lipinski definition) is 0. The van der Waals surface area contributed by atoms with Crippen molar-refractivity contribution in [3.63, 3.8) is 0 Å². The van der Waals surface area contributed by atoms with E-state index in [4.69, 9.17) is 23.9 Å². The smallest absolute Gasteiger partial charge is 0.203 e. The van der Waals surface area contributed by atoms with Crippen LogP contribution in [0.2, 0.25) is 0 Å². The van der Waals surface area contributed by atoms with Crippen LogP contribution >= 0.6 is 0 Å². The van der Waals surface area contributed by atoms with Crippen LogP contribution in [0.4, 0.5) is 0 Å². The highest BCUT2D eigenvalue weighted by molar-refractivity contribution is 5.71. The van der Waals surface area contributed by atoms with Crippen molar-refractivity contribution in [1.82, 2.24) is 14.8 Å². The Kier molecular flexibility index (Phi) is 11.0. The Balaban J connectivity index is 1.24. The molecule has 0 saturated carbocycles. The number of ether oxygens (including phenoxy) is 4. The molecule has 45 heavy (non-hydrogen) atoms. The molecule has 0 radical (unpaired) electrons. The molecule has 5 rings (SSSR count). The first-order chi connectivity index (χ1) is 22.0. The molecule has 1 fully saturated rings. The van der Waals surface area contributed by atoms with Gasteiger partial charge in [-0.1, -0.05) is 31.5 Å². The zero-order chi connectivity index (χ0) is 31.8. The highest BCUT2D eigenvalue weighted by Gasteiger charge is 2.18. The Bertz CT molecular complexity index is 1560. The first-order valence-electron chi connectivity index (χ1n) is 15.9. The van der Waals surface area contributed by atoms with Gasteiger partial charge in [0.1, 0.15) is 5.75 Å². The average Bonchev–Trinajstić information content (AvgIpc) is 3.29.